The fourth-order valence-electron chi connectivity index (χ4n) is 8.55. The zero-order chi connectivity index (χ0) is 15.1. The summed E-state index contributed by atoms with van der Waals surface area (Å²) in [6.07, 6.45) is 17.8. The topological polar surface area (TPSA) is 24.7 Å². The van der Waals surface area contributed by atoms with Gasteiger partial charge < -0.3 is 0 Å². The van der Waals surface area contributed by atoms with Gasteiger partial charge in [0.05, 0.1) is 0 Å². The Bertz CT molecular complexity index is 470. The van der Waals surface area contributed by atoms with E-state index in [-0.39, 0.29) is 14.6 Å². The Morgan fingerprint density at radius 2 is 0.739 bits per heavy atom. The molecular formula is C20H30N2Se. The van der Waals surface area contributed by atoms with Crippen molar-refractivity contribution in [2.45, 2.75) is 88.1 Å². The number of rotatable bonds is 2. The molecule has 0 aromatic heterocycles. The maximum absolute atomic E-state index is 5.39. The van der Waals surface area contributed by atoms with Gasteiger partial charge in [0.15, 0.2) is 0 Å². The molecule has 0 aromatic rings. The Kier molecular flexibility index (Phi) is 3.01. The molecule has 8 saturated carbocycles. The van der Waals surface area contributed by atoms with Crippen LogP contribution in [0.15, 0.2) is 7.92 Å². The normalized spacial score (nSPS) is 58.4. The van der Waals surface area contributed by atoms with Gasteiger partial charge in [-0.05, 0) is 0 Å². The van der Waals surface area contributed by atoms with E-state index < -0.39 is 0 Å². The summed E-state index contributed by atoms with van der Waals surface area (Å²) >= 11 is 0.220. The first-order valence-electron chi connectivity index (χ1n) is 10.3. The van der Waals surface area contributed by atoms with Crippen molar-refractivity contribution < 1.29 is 0 Å². The first-order valence-corrected chi connectivity index (χ1v) is 11.8. The zero-order valence-electron chi connectivity index (χ0n) is 14.3. The quantitative estimate of drug-likeness (QED) is 0.606. The van der Waals surface area contributed by atoms with Gasteiger partial charge in [0.2, 0.25) is 0 Å². The summed E-state index contributed by atoms with van der Waals surface area (Å²) in [7, 11) is 0. The van der Waals surface area contributed by atoms with Crippen molar-refractivity contribution in [1.82, 2.24) is 0 Å². The van der Waals surface area contributed by atoms with Crippen molar-refractivity contribution in [2.75, 3.05) is 0 Å². The van der Waals surface area contributed by atoms with Crippen molar-refractivity contribution >= 4 is 14.6 Å². The van der Waals surface area contributed by atoms with Crippen LogP contribution in [-0.4, -0.2) is 25.6 Å². The molecule has 23 heavy (non-hydrogen) atoms. The molecule has 2 nitrogen and oxygen atoms in total. The van der Waals surface area contributed by atoms with Crippen LogP contribution in [0.2, 0.25) is 0 Å². The molecule has 0 atom stereocenters. The van der Waals surface area contributed by atoms with Crippen LogP contribution in [0.4, 0.5) is 0 Å². The standard InChI is InChI=1S/C20H30N2Se/c1-13-2-15-3-14(1)8-19(7-13,9-15)21-23-22-20-10-16-4-17(11-20)6-18(5-16)12-20/h13-18H,1-12H2. The number of hydrogen-bond acceptors (Lipinski definition) is 2. The molecule has 126 valence electrons. The molecule has 0 saturated heterocycles. The molecule has 3 heteroatoms. The van der Waals surface area contributed by atoms with Crippen LogP contribution in [0.5, 0.6) is 0 Å². The molecule has 0 amide bonds. The summed E-state index contributed by atoms with van der Waals surface area (Å²) < 4.78 is 10.8. The average Bonchev–Trinajstić information content (AvgIpc) is 2.43. The predicted molar refractivity (Wildman–Crippen MR) is 92.4 cm³/mol. The molecule has 0 heterocycles. The van der Waals surface area contributed by atoms with E-state index in [9.17, 15) is 0 Å². The molecule has 0 N–H and O–H groups in total. The molecular weight excluding hydrogens is 347 g/mol. The summed E-state index contributed by atoms with van der Waals surface area (Å²) in [5, 5.41) is 0. The van der Waals surface area contributed by atoms with Crippen LogP contribution in [0, 0.1) is 35.5 Å². The van der Waals surface area contributed by atoms with Gasteiger partial charge in [0.1, 0.15) is 0 Å². The molecule has 0 radical (unpaired) electrons. The number of nitrogens with zero attached hydrogens (tertiary/aromatic N) is 2. The van der Waals surface area contributed by atoms with Gasteiger partial charge in [0.25, 0.3) is 0 Å². The molecule has 8 aliphatic rings. The summed E-state index contributed by atoms with van der Waals surface area (Å²) in [5.74, 6) is 6.17. The summed E-state index contributed by atoms with van der Waals surface area (Å²) in [4.78, 5) is 0. The van der Waals surface area contributed by atoms with Crippen molar-refractivity contribution in [3.8, 4) is 0 Å². The molecule has 8 fully saturated rings. The first kappa shape index (κ1) is 14.3. The number of hydrogen-bond donors (Lipinski definition) is 0. The Hall–Kier alpha value is 0.119. The van der Waals surface area contributed by atoms with Gasteiger partial charge >= 0.3 is 146 Å². The Morgan fingerprint density at radius 3 is 1.00 bits per heavy atom. The third-order valence-corrected chi connectivity index (χ3v) is 10.4. The van der Waals surface area contributed by atoms with E-state index in [0.29, 0.717) is 11.1 Å². The third kappa shape index (κ3) is 2.32. The zero-order valence-corrected chi connectivity index (χ0v) is 16.0. The second-order valence-corrected chi connectivity index (χ2v) is 11.7. The molecule has 8 aliphatic carbocycles. The van der Waals surface area contributed by atoms with Gasteiger partial charge in [-0.15, -0.1) is 0 Å². The van der Waals surface area contributed by atoms with Crippen LogP contribution in [0.25, 0.3) is 0 Å². The van der Waals surface area contributed by atoms with E-state index in [1.54, 1.807) is 0 Å². The van der Waals surface area contributed by atoms with Crippen LogP contribution < -0.4 is 0 Å². The minimum absolute atomic E-state index is 0.220. The summed E-state index contributed by atoms with van der Waals surface area (Å²) in [5.41, 5.74) is 0.807. The van der Waals surface area contributed by atoms with E-state index in [4.69, 9.17) is 7.92 Å². The Morgan fingerprint density at radius 1 is 0.478 bits per heavy atom. The minimum atomic E-state index is 0.220. The van der Waals surface area contributed by atoms with E-state index in [1.165, 1.54) is 77.0 Å². The predicted octanol–water partition coefficient (Wildman–Crippen LogP) is 5.00. The van der Waals surface area contributed by atoms with Crippen LogP contribution >= 0.6 is 0 Å². The van der Waals surface area contributed by atoms with E-state index in [1.807, 2.05) is 0 Å². The van der Waals surface area contributed by atoms with E-state index >= 15 is 0 Å². The third-order valence-electron chi connectivity index (χ3n) is 8.48. The molecule has 8 bridgehead atoms. The average molecular weight is 377 g/mol. The second-order valence-electron chi connectivity index (χ2n) is 10.5. The SMILES string of the molecule is C1C2CC3CC1CC(N=[Se]=NC14CC5CC(CC(C5)C1)C4)(C2)C3. The van der Waals surface area contributed by atoms with Crippen molar-refractivity contribution in [2.24, 2.45) is 43.4 Å². The summed E-state index contributed by atoms with van der Waals surface area (Å²) in [6.45, 7) is 0. The first-order chi connectivity index (χ1) is 11.2. The van der Waals surface area contributed by atoms with E-state index in [2.05, 4.69) is 0 Å². The van der Waals surface area contributed by atoms with Gasteiger partial charge in [0, 0.05) is 0 Å². The summed E-state index contributed by atoms with van der Waals surface area (Å²) in [6, 6.07) is 0. The Labute approximate surface area is 146 Å². The van der Waals surface area contributed by atoms with Crippen molar-refractivity contribution in [1.29, 1.82) is 0 Å². The molecule has 0 aromatic carbocycles. The fraction of sp³-hybridized carbons (Fsp3) is 1.00. The van der Waals surface area contributed by atoms with Gasteiger partial charge in [-0.1, -0.05) is 0 Å². The molecule has 0 unspecified atom stereocenters. The van der Waals surface area contributed by atoms with E-state index in [0.717, 1.165) is 35.5 Å². The monoisotopic (exact) mass is 378 g/mol. The molecule has 0 aliphatic heterocycles. The van der Waals surface area contributed by atoms with Gasteiger partial charge in [-0.3, -0.25) is 0 Å². The van der Waals surface area contributed by atoms with Crippen molar-refractivity contribution in [3.63, 3.8) is 0 Å². The van der Waals surface area contributed by atoms with Gasteiger partial charge in [-0.2, -0.15) is 0 Å². The molecule has 8 rings (SSSR count). The van der Waals surface area contributed by atoms with Crippen LogP contribution in [0.1, 0.15) is 77.0 Å². The molecule has 0 spiro atoms. The Balaban J connectivity index is 1.27. The van der Waals surface area contributed by atoms with Crippen LogP contribution in [-0.2, 0) is 0 Å². The maximum atomic E-state index is 5.39. The van der Waals surface area contributed by atoms with Crippen molar-refractivity contribution in [3.05, 3.63) is 0 Å². The van der Waals surface area contributed by atoms with Crippen LogP contribution in [0.3, 0.4) is 0 Å². The fourth-order valence-corrected chi connectivity index (χ4v) is 10.3. The van der Waals surface area contributed by atoms with Gasteiger partial charge in [-0.25, -0.2) is 0 Å². The second kappa shape index (κ2) is 4.85.